The maximum absolute atomic E-state index is 10.1. The molecule has 4 heteroatoms. The Bertz CT molecular complexity index is 116. The Kier molecular flexibility index (Phi) is 4.71. The van der Waals surface area contributed by atoms with Crippen LogP contribution in [0.3, 0.4) is 0 Å². The molecule has 4 nitrogen and oxygen atoms in total. The first-order valence-corrected chi connectivity index (χ1v) is 4.45. The van der Waals surface area contributed by atoms with Crippen LogP contribution in [0.25, 0.3) is 0 Å². The predicted molar refractivity (Wildman–Crippen MR) is 45.9 cm³/mol. The van der Waals surface area contributed by atoms with E-state index >= 15 is 0 Å². The lowest BCUT2D eigenvalue weighted by molar-refractivity contribution is -0.119. The van der Waals surface area contributed by atoms with Gasteiger partial charge in [0.2, 0.25) is 5.91 Å². The maximum atomic E-state index is 10.1. The molecule has 0 aliphatic carbocycles. The zero-order valence-electron chi connectivity index (χ0n) is 7.27. The third kappa shape index (κ3) is 4.31. The molecule has 0 radical (unpaired) electrons. The van der Waals surface area contributed by atoms with E-state index in [4.69, 9.17) is 4.74 Å². The summed E-state index contributed by atoms with van der Waals surface area (Å²) in [7, 11) is 0. The van der Waals surface area contributed by atoms with Crippen LogP contribution in [0.5, 0.6) is 0 Å². The molecular weight excluding hydrogens is 156 g/mol. The number of carbonyl (C=O) groups is 1. The van der Waals surface area contributed by atoms with Gasteiger partial charge in [-0.25, -0.2) is 0 Å². The predicted octanol–water partition coefficient (Wildman–Crippen LogP) is -0.497. The molecule has 0 aromatic heterocycles. The number of amides is 1. The number of ether oxygens (including phenoxy) is 1. The van der Waals surface area contributed by atoms with Crippen molar-refractivity contribution in [1.29, 1.82) is 0 Å². The molecule has 0 atom stereocenters. The maximum Gasteiger partial charge on any atom is 0.220 e. The van der Waals surface area contributed by atoms with Gasteiger partial charge in [-0.3, -0.25) is 4.79 Å². The first-order chi connectivity index (χ1) is 5.89. The van der Waals surface area contributed by atoms with Crippen LogP contribution in [-0.2, 0) is 9.53 Å². The first kappa shape index (κ1) is 9.48. The average molecular weight is 172 g/mol. The Balaban J connectivity index is 0.000000120. The van der Waals surface area contributed by atoms with Gasteiger partial charge in [0.05, 0.1) is 13.2 Å². The topological polar surface area (TPSA) is 50.4 Å². The molecule has 2 rings (SSSR count). The van der Waals surface area contributed by atoms with Gasteiger partial charge in [0, 0.05) is 26.1 Å². The fourth-order valence-electron chi connectivity index (χ4n) is 1.08. The van der Waals surface area contributed by atoms with Gasteiger partial charge < -0.3 is 15.4 Å². The minimum Gasteiger partial charge on any atom is -0.379 e. The van der Waals surface area contributed by atoms with Crippen molar-refractivity contribution in [3.05, 3.63) is 0 Å². The van der Waals surface area contributed by atoms with Crippen molar-refractivity contribution in [2.75, 3.05) is 32.8 Å². The highest BCUT2D eigenvalue weighted by Gasteiger charge is 2.05. The SMILES string of the molecule is C1COCCN1.O=C1CCCN1. The summed E-state index contributed by atoms with van der Waals surface area (Å²) in [6.07, 6.45) is 1.76. The van der Waals surface area contributed by atoms with E-state index in [1.165, 1.54) is 0 Å². The summed E-state index contributed by atoms with van der Waals surface area (Å²) in [5.41, 5.74) is 0. The minimum atomic E-state index is 0.204. The summed E-state index contributed by atoms with van der Waals surface area (Å²) in [5, 5.41) is 5.84. The van der Waals surface area contributed by atoms with Gasteiger partial charge in [0.15, 0.2) is 0 Å². The lowest BCUT2D eigenvalue weighted by Gasteiger charge is -2.10. The van der Waals surface area contributed by atoms with E-state index < -0.39 is 0 Å². The Morgan fingerprint density at radius 1 is 1.17 bits per heavy atom. The minimum absolute atomic E-state index is 0.204. The normalized spacial score (nSPS) is 22.5. The third-order valence-corrected chi connectivity index (χ3v) is 1.75. The third-order valence-electron chi connectivity index (χ3n) is 1.75. The monoisotopic (exact) mass is 172 g/mol. The first-order valence-electron chi connectivity index (χ1n) is 4.45. The second-order valence-corrected chi connectivity index (χ2v) is 2.82. The van der Waals surface area contributed by atoms with E-state index in [1.54, 1.807) is 0 Å². The number of rotatable bonds is 0. The zero-order chi connectivity index (χ0) is 8.65. The Morgan fingerprint density at radius 2 is 1.92 bits per heavy atom. The molecule has 0 unspecified atom stereocenters. The molecule has 2 N–H and O–H groups in total. The number of nitrogens with one attached hydrogen (secondary N) is 2. The summed E-state index contributed by atoms with van der Waals surface area (Å²) >= 11 is 0. The van der Waals surface area contributed by atoms with E-state index in [9.17, 15) is 4.79 Å². The Morgan fingerprint density at radius 3 is 2.08 bits per heavy atom. The summed E-state index contributed by atoms with van der Waals surface area (Å²) in [4.78, 5) is 10.1. The fraction of sp³-hybridized carbons (Fsp3) is 0.875. The van der Waals surface area contributed by atoms with Crippen LogP contribution in [0.15, 0.2) is 0 Å². The summed E-state index contributed by atoms with van der Waals surface area (Å²) < 4.78 is 5.01. The second kappa shape index (κ2) is 5.97. The van der Waals surface area contributed by atoms with Crippen molar-refractivity contribution in [3.8, 4) is 0 Å². The van der Waals surface area contributed by atoms with Crippen LogP contribution < -0.4 is 10.6 Å². The highest BCUT2D eigenvalue weighted by molar-refractivity contribution is 5.77. The van der Waals surface area contributed by atoms with E-state index in [0.717, 1.165) is 45.7 Å². The van der Waals surface area contributed by atoms with Gasteiger partial charge in [-0.15, -0.1) is 0 Å². The number of carbonyl (C=O) groups excluding carboxylic acids is 1. The molecule has 2 fully saturated rings. The summed E-state index contributed by atoms with van der Waals surface area (Å²) in [6, 6.07) is 0. The molecule has 12 heavy (non-hydrogen) atoms. The van der Waals surface area contributed by atoms with Crippen molar-refractivity contribution in [3.63, 3.8) is 0 Å². The molecule has 2 heterocycles. The van der Waals surface area contributed by atoms with Crippen molar-refractivity contribution in [2.24, 2.45) is 0 Å². The lowest BCUT2D eigenvalue weighted by Crippen LogP contribution is -2.30. The molecule has 0 aromatic rings. The zero-order valence-corrected chi connectivity index (χ0v) is 7.27. The van der Waals surface area contributed by atoms with E-state index in [2.05, 4.69) is 10.6 Å². The van der Waals surface area contributed by atoms with Crippen LogP contribution in [0.4, 0.5) is 0 Å². The largest absolute Gasteiger partial charge is 0.379 e. The van der Waals surface area contributed by atoms with Gasteiger partial charge in [0.25, 0.3) is 0 Å². The van der Waals surface area contributed by atoms with Crippen LogP contribution in [0.1, 0.15) is 12.8 Å². The molecule has 0 saturated carbocycles. The number of hydrogen-bond acceptors (Lipinski definition) is 3. The highest BCUT2D eigenvalue weighted by Crippen LogP contribution is 1.93. The second-order valence-electron chi connectivity index (χ2n) is 2.82. The molecule has 0 bridgehead atoms. The Hall–Kier alpha value is -0.610. The van der Waals surface area contributed by atoms with Crippen LogP contribution in [0.2, 0.25) is 0 Å². The van der Waals surface area contributed by atoms with E-state index in [-0.39, 0.29) is 5.91 Å². The van der Waals surface area contributed by atoms with Gasteiger partial charge in [0.1, 0.15) is 0 Å². The van der Waals surface area contributed by atoms with Crippen molar-refractivity contribution in [2.45, 2.75) is 12.8 Å². The Labute approximate surface area is 72.7 Å². The van der Waals surface area contributed by atoms with Crippen molar-refractivity contribution < 1.29 is 9.53 Å². The fourth-order valence-corrected chi connectivity index (χ4v) is 1.08. The highest BCUT2D eigenvalue weighted by atomic mass is 16.5. The summed E-state index contributed by atoms with van der Waals surface area (Å²) in [6.45, 7) is 4.72. The molecule has 0 spiro atoms. The number of morpholine rings is 1. The van der Waals surface area contributed by atoms with Crippen molar-refractivity contribution in [1.82, 2.24) is 10.6 Å². The molecule has 2 aliphatic heterocycles. The summed E-state index contributed by atoms with van der Waals surface area (Å²) in [5.74, 6) is 0.204. The molecular formula is C8H16N2O2. The van der Waals surface area contributed by atoms with Crippen molar-refractivity contribution >= 4 is 5.91 Å². The van der Waals surface area contributed by atoms with Crippen LogP contribution in [-0.4, -0.2) is 38.8 Å². The average Bonchev–Trinajstić information content (AvgIpc) is 2.60. The molecule has 70 valence electrons. The van der Waals surface area contributed by atoms with Gasteiger partial charge in [-0.05, 0) is 6.42 Å². The van der Waals surface area contributed by atoms with E-state index in [1.807, 2.05) is 0 Å². The molecule has 1 amide bonds. The molecule has 2 aliphatic rings. The van der Waals surface area contributed by atoms with Gasteiger partial charge in [-0.2, -0.15) is 0 Å². The van der Waals surface area contributed by atoms with Gasteiger partial charge in [-0.1, -0.05) is 0 Å². The smallest absolute Gasteiger partial charge is 0.220 e. The van der Waals surface area contributed by atoms with Crippen LogP contribution in [0, 0.1) is 0 Å². The quantitative estimate of drug-likeness (QED) is 0.518. The van der Waals surface area contributed by atoms with Gasteiger partial charge >= 0.3 is 0 Å². The molecule has 0 aromatic carbocycles. The molecule has 2 saturated heterocycles. The standard InChI is InChI=1S/C4H9NO.C4H7NO/c1-3-6-4-2-5-1;6-4-2-1-3-5-4/h5H,1-4H2;1-3H2,(H,5,6). The number of hydrogen-bond donors (Lipinski definition) is 2. The van der Waals surface area contributed by atoms with E-state index in [0.29, 0.717) is 0 Å². The lowest BCUT2D eigenvalue weighted by atomic mass is 10.4. The van der Waals surface area contributed by atoms with Crippen LogP contribution >= 0.6 is 0 Å².